The number of ketones is 1. The SMILES string of the molecule is O=C(OCc1ccccc1)N1CCC2(CC1)CO2.O=C1CCN(C(=O)OCc2ccccc2)CC1. The fraction of sp³-hybridized carbons (Fsp3) is 0.444. The lowest BCUT2D eigenvalue weighted by molar-refractivity contribution is -0.121. The molecule has 186 valence electrons. The Balaban J connectivity index is 0.000000165. The van der Waals surface area contributed by atoms with Gasteiger partial charge in [0.05, 0.1) is 12.2 Å². The van der Waals surface area contributed by atoms with Crippen LogP contribution in [0.25, 0.3) is 0 Å². The number of benzene rings is 2. The molecule has 2 aromatic carbocycles. The summed E-state index contributed by atoms with van der Waals surface area (Å²) in [6.07, 6.45) is 2.22. The number of likely N-dealkylation sites (tertiary alicyclic amines) is 2. The summed E-state index contributed by atoms with van der Waals surface area (Å²) in [6.45, 7) is 3.93. The lowest BCUT2D eigenvalue weighted by Gasteiger charge is -2.29. The molecule has 0 saturated carbocycles. The van der Waals surface area contributed by atoms with Gasteiger partial charge in [0.15, 0.2) is 0 Å². The molecule has 0 atom stereocenters. The minimum absolute atomic E-state index is 0.107. The number of epoxide rings is 1. The molecule has 3 heterocycles. The number of amides is 2. The average Bonchev–Trinajstić information content (AvgIpc) is 3.67. The van der Waals surface area contributed by atoms with E-state index in [1.165, 1.54) is 0 Å². The number of carbonyl (C=O) groups excluding carboxylic acids is 3. The van der Waals surface area contributed by atoms with Gasteiger partial charge in [0.2, 0.25) is 0 Å². The standard InChI is InChI=1S/C14H17NO3.C13H15NO3/c16-13(17-10-12-4-2-1-3-5-12)15-8-6-14(7-9-15)11-18-14;15-12-6-8-14(9-7-12)13(16)17-10-11-4-2-1-3-5-11/h1-5H,6-11H2;1-5H,6-10H2. The number of Topliss-reactive ketones (excluding diaryl/α,β-unsaturated/α-hetero) is 1. The van der Waals surface area contributed by atoms with Crippen LogP contribution in [0.3, 0.4) is 0 Å². The average molecular weight is 481 g/mol. The molecule has 8 heteroatoms. The summed E-state index contributed by atoms with van der Waals surface area (Å²) >= 11 is 0. The van der Waals surface area contributed by atoms with Gasteiger partial charge in [-0.3, -0.25) is 4.79 Å². The molecule has 0 aliphatic carbocycles. The van der Waals surface area contributed by atoms with Crippen molar-refractivity contribution in [1.29, 1.82) is 0 Å². The van der Waals surface area contributed by atoms with Gasteiger partial charge in [-0.2, -0.15) is 0 Å². The molecular formula is C27H32N2O6. The van der Waals surface area contributed by atoms with Gasteiger partial charge in [-0.05, 0) is 24.0 Å². The van der Waals surface area contributed by atoms with E-state index in [0.29, 0.717) is 32.5 Å². The highest BCUT2D eigenvalue weighted by molar-refractivity contribution is 5.81. The number of hydrogen-bond donors (Lipinski definition) is 0. The Labute approximate surface area is 205 Å². The van der Waals surface area contributed by atoms with Crippen molar-refractivity contribution in [1.82, 2.24) is 9.80 Å². The zero-order chi connectivity index (χ0) is 24.5. The normalized spacial score (nSPS) is 18.3. The van der Waals surface area contributed by atoms with Crippen molar-refractivity contribution in [3.8, 4) is 0 Å². The molecule has 3 aliphatic heterocycles. The first-order valence-electron chi connectivity index (χ1n) is 12.1. The molecule has 3 aliphatic rings. The van der Waals surface area contributed by atoms with Gasteiger partial charge in [0.1, 0.15) is 19.0 Å². The Morgan fingerprint density at radius 1 is 0.743 bits per heavy atom. The maximum atomic E-state index is 11.9. The second-order valence-corrected chi connectivity index (χ2v) is 9.06. The molecule has 1 spiro atoms. The van der Waals surface area contributed by atoms with Crippen molar-refractivity contribution in [3.63, 3.8) is 0 Å². The minimum atomic E-state index is -0.332. The van der Waals surface area contributed by atoms with E-state index in [1.54, 1.807) is 9.80 Å². The van der Waals surface area contributed by atoms with Crippen LogP contribution in [0.2, 0.25) is 0 Å². The van der Waals surface area contributed by atoms with Crippen LogP contribution in [-0.4, -0.2) is 66.2 Å². The summed E-state index contributed by atoms with van der Waals surface area (Å²) in [5, 5.41) is 0. The molecule has 2 amide bonds. The van der Waals surface area contributed by atoms with Crippen LogP contribution in [0.5, 0.6) is 0 Å². The first-order valence-corrected chi connectivity index (χ1v) is 12.1. The summed E-state index contributed by atoms with van der Waals surface area (Å²) < 4.78 is 15.9. The molecule has 0 aromatic heterocycles. The molecule has 0 unspecified atom stereocenters. The Morgan fingerprint density at radius 2 is 1.17 bits per heavy atom. The quantitative estimate of drug-likeness (QED) is 0.610. The van der Waals surface area contributed by atoms with Crippen molar-refractivity contribution in [3.05, 3.63) is 71.8 Å². The highest BCUT2D eigenvalue weighted by Gasteiger charge is 2.47. The van der Waals surface area contributed by atoms with E-state index in [4.69, 9.17) is 14.2 Å². The molecule has 35 heavy (non-hydrogen) atoms. The van der Waals surface area contributed by atoms with Crippen molar-refractivity contribution in [2.24, 2.45) is 0 Å². The first-order chi connectivity index (χ1) is 17.0. The number of hydrogen-bond acceptors (Lipinski definition) is 6. The van der Waals surface area contributed by atoms with Gasteiger partial charge in [-0.15, -0.1) is 0 Å². The zero-order valence-corrected chi connectivity index (χ0v) is 19.9. The fourth-order valence-corrected chi connectivity index (χ4v) is 4.05. The summed E-state index contributed by atoms with van der Waals surface area (Å²) in [6, 6.07) is 19.3. The van der Waals surface area contributed by atoms with Crippen LogP contribution in [-0.2, 0) is 32.2 Å². The van der Waals surface area contributed by atoms with E-state index < -0.39 is 0 Å². The highest BCUT2D eigenvalue weighted by atomic mass is 16.6. The van der Waals surface area contributed by atoms with E-state index in [2.05, 4.69) is 0 Å². The highest BCUT2D eigenvalue weighted by Crippen LogP contribution is 2.37. The lowest BCUT2D eigenvalue weighted by atomic mass is 9.98. The topological polar surface area (TPSA) is 88.7 Å². The first kappa shape index (κ1) is 24.7. The van der Waals surface area contributed by atoms with Gasteiger partial charge < -0.3 is 24.0 Å². The Bertz CT molecular complexity index is 973. The number of carbonyl (C=O) groups is 3. The summed E-state index contributed by atoms with van der Waals surface area (Å²) in [7, 11) is 0. The zero-order valence-electron chi connectivity index (χ0n) is 19.9. The van der Waals surface area contributed by atoms with Crippen LogP contribution in [0.1, 0.15) is 36.8 Å². The molecule has 2 aromatic rings. The maximum Gasteiger partial charge on any atom is 0.410 e. The second-order valence-electron chi connectivity index (χ2n) is 9.06. The molecule has 0 N–H and O–H groups in total. The third-order valence-corrected chi connectivity index (χ3v) is 6.48. The van der Waals surface area contributed by atoms with Crippen LogP contribution >= 0.6 is 0 Å². The van der Waals surface area contributed by atoms with Crippen molar-refractivity contribution < 1.29 is 28.6 Å². The second kappa shape index (κ2) is 11.8. The molecule has 8 nitrogen and oxygen atoms in total. The molecule has 5 rings (SSSR count). The van der Waals surface area contributed by atoms with E-state index in [1.807, 2.05) is 60.7 Å². The molecule has 3 saturated heterocycles. The Hall–Kier alpha value is -3.39. The van der Waals surface area contributed by atoms with Gasteiger partial charge >= 0.3 is 12.2 Å². The molecule has 0 radical (unpaired) electrons. The minimum Gasteiger partial charge on any atom is -0.445 e. The smallest absolute Gasteiger partial charge is 0.410 e. The van der Waals surface area contributed by atoms with E-state index in [9.17, 15) is 14.4 Å². The molecular weight excluding hydrogens is 448 g/mol. The number of ether oxygens (including phenoxy) is 3. The van der Waals surface area contributed by atoms with Gasteiger partial charge in [0, 0.05) is 39.0 Å². The van der Waals surface area contributed by atoms with Crippen molar-refractivity contribution in [2.45, 2.75) is 44.5 Å². The molecule has 0 bridgehead atoms. The predicted molar refractivity (Wildman–Crippen MR) is 129 cm³/mol. The monoisotopic (exact) mass is 480 g/mol. The maximum absolute atomic E-state index is 11.9. The number of piperidine rings is 2. The molecule has 3 fully saturated rings. The third kappa shape index (κ3) is 7.55. The van der Waals surface area contributed by atoms with E-state index in [-0.39, 0.29) is 30.2 Å². The van der Waals surface area contributed by atoms with Gasteiger partial charge in [0.25, 0.3) is 0 Å². The van der Waals surface area contributed by atoms with Crippen LogP contribution in [0, 0.1) is 0 Å². The number of rotatable bonds is 4. The number of nitrogens with zero attached hydrogens (tertiary/aromatic N) is 2. The summed E-state index contributed by atoms with van der Waals surface area (Å²) in [5.74, 6) is 0.220. The van der Waals surface area contributed by atoms with Gasteiger partial charge in [-0.1, -0.05) is 60.7 Å². The van der Waals surface area contributed by atoms with Gasteiger partial charge in [-0.25, -0.2) is 9.59 Å². The van der Waals surface area contributed by atoms with E-state index >= 15 is 0 Å². The van der Waals surface area contributed by atoms with Crippen molar-refractivity contribution >= 4 is 18.0 Å². The van der Waals surface area contributed by atoms with Crippen molar-refractivity contribution in [2.75, 3.05) is 32.8 Å². The van der Waals surface area contributed by atoms with E-state index in [0.717, 1.165) is 43.7 Å². The lowest BCUT2D eigenvalue weighted by Crippen LogP contribution is -2.41. The Kier molecular flexibility index (Phi) is 8.36. The van der Waals surface area contributed by atoms with Crippen LogP contribution < -0.4 is 0 Å². The van der Waals surface area contributed by atoms with Crippen LogP contribution in [0.4, 0.5) is 9.59 Å². The Morgan fingerprint density at radius 3 is 1.60 bits per heavy atom. The van der Waals surface area contributed by atoms with Crippen LogP contribution in [0.15, 0.2) is 60.7 Å². The predicted octanol–water partition coefficient (Wildman–Crippen LogP) is 4.18. The summed E-state index contributed by atoms with van der Waals surface area (Å²) in [4.78, 5) is 37.9. The fourth-order valence-electron chi connectivity index (χ4n) is 4.05. The third-order valence-electron chi connectivity index (χ3n) is 6.48. The summed E-state index contributed by atoms with van der Waals surface area (Å²) in [5.41, 5.74) is 2.09. The largest absolute Gasteiger partial charge is 0.445 e.